The van der Waals surface area contributed by atoms with Crippen LogP contribution in [-0.4, -0.2) is 42.3 Å². The number of nitrogens with zero attached hydrogens (tertiary/aromatic N) is 2. The molecule has 1 aliphatic carbocycles. The fourth-order valence-corrected chi connectivity index (χ4v) is 5.29. The maximum atomic E-state index is 12.3. The molecule has 18 heavy (non-hydrogen) atoms. The van der Waals surface area contributed by atoms with Crippen LogP contribution in [0.2, 0.25) is 0 Å². The highest BCUT2D eigenvalue weighted by molar-refractivity contribution is 7.92. The summed E-state index contributed by atoms with van der Waals surface area (Å²) in [7, 11) is -3.34. The van der Waals surface area contributed by atoms with Crippen LogP contribution in [0.1, 0.15) is 19.3 Å². The van der Waals surface area contributed by atoms with E-state index in [1.54, 1.807) is 0 Å². The van der Waals surface area contributed by atoms with Gasteiger partial charge in [0, 0.05) is 13.1 Å². The Morgan fingerprint density at radius 1 is 1.39 bits per heavy atom. The average Bonchev–Trinajstić information content (AvgIpc) is 2.98. The summed E-state index contributed by atoms with van der Waals surface area (Å²) in [6.07, 6.45) is 1.67. The number of hydrogen-bond acceptors (Lipinski definition) is 7. The lowest BCUT2D eigenvalue weighted by Crippen LogP contribution is -2.23. The van der Waals surface area contributed by atoms with Gasteiger partial charge in [0.1, 0.15) is 9.90 Å². The fourth-order valence-electron chi connectivity index (χ4n) is 2.22. The molecular weight excluding hydrogens is 274 g/mol. The van der Waals surface area contributed by atoms with E-state index in [4.69, 9.17) is 5.73 Å². The Morgan fingerprint density at radius 3 is 2.67 bits per heavy atom. The van der Waals surface area contributed by atoms with Gasteiger partial charge in [-0.2, -0.15) is 4.37 Å². The van der Waals surface area contributed by atoms with Crippen LogP contribution in [0.15, 0.2) is 4.90 Å². The molecule has 1 unspecified atom stereocenters. The quantitative estimate of drug-likeness (QED) is 0.827. The zero-order valence-corrected chi connectivity index (χ0v) is 11.4. The second-order valence-corrected chi connectivity index (χ2v) is 7.75. The van der Waals surface area contributed by atoms with Crippen LogP contribution in [-0.2, 0) is 9.84 Å². The first kappa shape index (κ1) is 12.2. The molecule has 1 atom stereocenters. The van der Waals surface area contributed by atoms with Crippen molar-refractivity contribution in [3.8, 4) is 0 Å². The van der Waals surface area contributed by atoms with E-state index in [9.17, 15) is 13.5 Å². The largest absolute Gasteiger partial charge is 0.391 e. The molecule has 2 heterocycles. The number of aliphatic hydroxyl groups excluding tert-OH is 1. The van der Waals surface area contributed by atoms with Gasteiger partial charge in [0.05, 0.1) is 11.4 Å². The van der Waals surface area contributed by atoms with E-state index in [0.29, 0.717) is 37.4 Å². The molecule has 1 aromatic heterocycles. The summed E-state index contributed by atoms with van der Waals surface area (Å²) in [6, 6.07) is 0. The van der Waals surface area contributed by atoms with Crippen LogP contribution in [0.3, 0.4) is 0 Å². The molecule has 3 rings (SSSR count). The molecule has 0 bridgehead atoms. The zero-order valence-electron chi connectivity index (χ0n) is 9.74. The Balaban J connectivity index is 2.01. The van der Waals surface area contributed by atoms with E-state index in [1.165, 1.54) is 0 Å². The van der Waals surface area contributed by atoms with Gasteiger partial charge in [0.2, 0.25) is 0 Å². The van der Waals surface area contributed by atoms with E-state index in [0.717, 1.165) is 11.5 Å². The van der Waals surface area contributed by atoms with Gasteiger partial charge in [-0.15, -0.1) is 0 Å². The van der Waals surface area contributed by atoms with Crippen molar-refractivity contribution in [1.82, 2.24) is 4.37 Å². The Labute approximate surface area is 109 Å². The molecule has 6 nitrogen and oxygen atoms in total. The lowest BCUT2D eigenvalue weighted by Gasteiger charge is -2.16. The predicted molar refractivity (Wildman–Crippen MR) is 69.6 cm³/mol. The van der Waals surface area contributed by atoms with Crippen molar-refractivity contribution in [1.29, 1.82) is 0 Å². The fraction of sp³-hybridized carbons (Fsp3) is 0.700. The zero-order chi connectivity index (χ0) is 12.9. The van der Waals surface area contributed by atoms with Gasteiger partial charge in [-0.05, 0) is 30.8 Å². The van der Waals surface area contributed by atoms with Crippen molar-refractivity contribution < 1.29 is 13.5 Å². The normalized spacial score (nSPS) is 24.7. The third kappa shape index (κ3) is 1.88. The van der Waals surface area contributed by atoms with E-state index in [2.05, 4.69) is 4.37 Å². The highest BCUT2D eigenvalue weighted by Crippen LogP contribution is 2.43. The Bertz CT molecular complexity index is 565. The summed E-state index contributed by atoms with van der Waals surface area (Å²) in [5.41, 5.74) is 5.73. The smallest absolute Gasteiger partial charge is 0.187 e. The molecule has 0 amide bonds. The number of hydrogen-bond donors (Lipinski definition) is 2. The molecule has 0 aromatic carbocycles. The molecule has 1 aliphatic heterocycles. The minimum Gasteiger partial charge on any atom is -0.391 e. The van der Waals surface area contributed by atoms with Gasteiger partial charge in [-0.3, -0.25) is 0 Å². The molecule has 1 aromatic rings. The monoisotopic (exact) mass is 289 g/mol. The highest BCUT2D eigenvalue weighted by atomic mass is 32.2. The number of nitrogen functional groups attached to an aromatic ring is 1. The Kier molecular flexibility index (Phi) is 2.76. The van der Waals surface area contributed by atoms with Gasteiger partial charge in [0.15, 0.2) is 15.7 Å². The topological polar surface area (TPSA) is 96.5 Å². The van der Waals surface area contributed by atoms with Crippen LogP contribution in [0, 0.1) is 0 Å². The molecule has 2 fully saturated rings. The van der Waals surface area contributed by atoms with Gasteiger partial charge < -0.3 is 15.7 Å². The van der Waals surface area contributed by atoms with Crippen molar-refractivity contribution >= 4 is 32.2 Å². The van der Waals surface area contributed by atoms with Crippen molar-refractivity contribution in [3.63, 3.8) is 0 Å². The second-order valence-electron chi connectivity index (χ2n) is 4.83. The van der Waals surface area contributed by atoms with Crippen molar-refractivity contribution in [2.24, 2.45) is 0 Å². The summed E-state index contributed by atoms with van der Waals surface area (Å²) in [4.78, 5) is 2.05. The Morgan fingerprint density at radius 2 is 2.11 bits per heavy atom. The SMILES string of the molecule is Nc1nsc(N2CCC(O)C2)c1S(=O)(=O)C1CC1. The molecule has 8 heteroatoms. The number of rotatable bonds is 3. The van der Waals surface area contributed by atoms with Gasteiger partial charge in [-0.1, -0.05) is 0 Å². The minimum absolute atomic E-state index is 0.100. The molecule has 1 saturated carbocycles. The third-order valence-corrected chi connectivity index (χ3v) is 6.73. The van der Waals surface area contributed by atoms with Crippen LogP contribution in [0.25, 0.3) is 0 Å². The number of nitrogens with two attached hydrogens (primary N) is 1. The van der Waals surface area contributed by atoms with Gasteiger partial charge >= 0.3 is 0 Å². The molecule has 0 spiro atoms. The molecule has 100 valence electrons. The number of aromatic nitrogens is 1. The van der Waals surface area contributed by atoms with Crippen LogP contribution >= 0.6 is 11.5 Å². The average molecular weight is 289 g/mol. The first-order valence-corrected chi connectivity index (χ1v) is 8.24. The van der Waals surface area contributed by atoms with E-state index in [-0.39, 0.29) is 16.0 Å². The van der Waals surface area contributed by atoms with Crippen molar-refractivity contribution in [3.05, 3.63) is 0 Å². The lowest BCUT2D eigenvalue weighted by atomic mass is 10.3. The van der Waals surface area contributed by atoms with Gasteiger partial charge in [-0.25, -0.2) is 8.42 Å². The molecule has 1 saturated heterocycles. The van der Waals surface area contributed by atoms with Crippen molar-refractivity contribution in [2.75, 3.05) is 23.7 Å². The summed E-state index contributed by atoms with van der Waals surface area (Å²) >= 11 is 1.11. The van der Waals surface area contributed by atoms with E-state index in [1.807, 2.05) is 4.90 Å². The minimum atomic E-state index is -3.34. The van der Waals surface area contributed by atoms with E-state index < -0.39 is 15.9 Å². The standard InChI is InChI=1S/C10H15N3O3S2/c11-9-8(18(15,16)7-1-2-7)10(17-12-9)13-4-3-6(14)5-13/h6-7,14H,1-5H2,(H2,11,12). The second kappa shape index (κ2) is 4.07. The predicted octanol–water partition coefficient (Wildman–Crippen LogP) is 0.232. The summed E-state index contributed by atoms with van der Waals surface area (Å²) < 4.78 is 28.6. The van der Waals surface area contributed by atoms with Crippen LogP contribution < -0.4 is 10.6 Å². The summed E-state index contributed by atoms with van der Waals surface area (Å²) in [5, 5.41) is 9.85. The van der Waals surface area contributed by atoms with Crippen LogP contribution in [0.5, 0.6) is 0 Å². The van der Waals surface area contributed by atoms with E-state index >= 15 is 0 Å². The third-order valence-electron chi connectivity index (χ3n) is 3.36. The highest BCUT2D eigenvalue weighted by Gasteiger charge is 2.42. The van der Waals surface area contributed by atoms with Crippen LogP contribution in [0.4, 0.5) is 10.8 Å². The summed E-state index contributed by atoms with van der Waals surface area (Å²) in [6.45, 7) is 1.10. The molecule has 3 N–H and O–H groups in total. The Hall–Kier alpha value is -0.860. The number of aliphatic hydroxyl groups is 1. The molecule has 0 radical (unpaired) electrons. The first-order valence-electron chi connectivity index (χ1n) is 5.92. The maximum Gasteiger partial charge on any atom is 0.187 e. The number of anilines is 2. The molecular formula is C10H15N3O3S2. The van der Waals surface area contributed by atoms with Gasteiger partial charge in [0.25, 0.3) is 0 Å². The summed E-state index contributed by atoms with van der Waals surface area (Å²) in [5.74, 6) is 0.100. The van der Waals surface area contributed by atoms with Crippen molar-refractivity contribution in [2.45, 2.75) is 35.5 Å². The number of sulfone groups is 1. The first-order chi connectivity index (χ1) is 8.50. The number of β-amino-alcohol motifs (C(OH)–C–C–N with tert-alkyl or cyclic N) is 1. The lowest BCUT2D eigenvalue weighted by molar-refractivity contribution is 0.198. The maximum absolute atomic E-state index is 12.3. The molecule has 2 aliphatic rings.